The number of benzene rings is 13. The molecule has 0 radical (unpaired) electrons. The molecule has 0 bridgehead atoms. The van der Waals surface area contributed by atoms with E-state index >= 15 is 0 Å². The van der Waals surface area contributed by atoms with Crippen LogP contribution in [0.4, 0.5) is 51.2 Å². The van der Waals surface area contributed by atoms with E-state index in [0.717, 1.165) is 64.5 Å². The number of carboxylic acids is 2. The van der Waals surface area contributed by atoms with Gasteiger partial charge in [-0.25, -0.2) is 28.8 Å². The van der Waals surface area contributed by atoms with Crippen molar-refractivity contribution in [1.29, 1.82) is 0 Å². The Kier molecular flexibility index (Phi) is 29.7. The van der Waals surface area contributed by atoms with Crippen LogP contribution in [0.2, 0.25) is 0 Å². The number of amides is 5. The number of furan rings is 2. The molecule has 0 unspecified atom stereocenters. The van der Waals surface area contributed by atoms with Crippen molar-refractivity contribution in [2.24, 2.45) is 0 Å². The van der Waals surface area contributed by atoms with Crippen LogP contribution >= 0.6 is 0 Å². The maximum absolute atomic E-state index is 13.9. The number of nitrogen functional groups attached to an aromatic ring is 4. The lowest BCUT2D eigenvalue weighted by molar-refractivity contribution is -0.121. The second-order valence-electron chi connectivity index (χ2n) is 30.6. The van der Waals surface area contributed by atoms with Crippen LogP contribution in [0.3, 0.4) is 0 Å². The van der Waals surface area contributed by atoms with Gasteiger partial charge in [-0.2, -0.15) is 0 Å². The molecule has 5 amide bonds. The second kappa shape index (κ2) is 42.0. The Labute approximate surface area is 761 Å². The molecule has 15 aromatic rings. The quantitative estimate of drug-likeness (QED) is 0.0136. The Morgan fingerprint density at radius 1 is 0.328 bits per heavy atom. The number of Topliss-reactive ketones (excluding diaryl/α,β-unsaturated/α-hetero) is 3. The van der Waals surface area contributed by atoms with Crippen LogP contribution in [0.15, 0.2) is 283 Å². The Morgan fingerprint density at radius 3 is 1.04 bits per heavy atom. The number of aromatic carboxylic acids is 2. The first-order valence-electron chi connectivity index (χ1n) is 40.9. The number of carbonyl (C=O) groups is 12. The van der Waals surface area contributed by atoms with E-state index in [0.29, 0.717) is 89.8 Å². The molecule has 31 nitrogen and oxygen atoms in total. The fraction of sp³-hybridized carbons (Fsp3) is 0.0874. The molecule has 15 N–H and O–H groups in total. The topological polar surface area (TPSA) is 523 Å². The summed E-state index contributed by atoms with van der Waals surface area (Å²) in [4.78, 5) is 196. The van der Waals surface area contributed by atoms with E-state index in [-0.39, 0.29) is 117 Å². The van der Waals surface area contributed by atoms with Gasteiger partial charge in [0.15, 0.2) is 17.3 Å². The summed E-state index contributed by atoms with van der Waals surface area (Å²) in [6, 6.07) is 68.8. The molecule has 0 aliphatic rings. The van der Waals surface area contributed by atoms with Crippen molar-refractivity contribution in [3.63, 3.8) is 0 Å². The van der Waals surface area contributed by atoms with Gasteiger partial charge in [0, 0.05) is 104 Å². The molecule has 13 aromatic carbocycles. The Hall–Kier alpha value is -18.4. The normalized spacial score (nSPS) is 10.6. The van der Waals surface area contributed by atoms with E-state index in [4.69, 9.17) is 32.4 Å². The molecule has 2 aromatic heterocycles. The van der Waals surface area contributed by atoms with Gasteiger partial charge in [-0.1, -0.05) is 85.3 Å². The summed E-state index contributed by atoms with van der Waals surface area (Å²) in [5, 5.41) is 33.6. The Balaban J connectivity index is 0.000000220. The molecule has 672 valence electrons. The van der Waals surface area contributed by atoms with Crippen LogP contribution in [-0.2, 0) is 22.4 Å². The van der Waals surface area contributed by atoms with Crippen LogP contribution in [0.25, 0.3) is 43.8 Å². The summed E-state index contributed by atoms with van der Waals surface area (Å²) in [5.41, 5.74) is 34.0. The Morgan fingerprint density at radius 2 is 0.672 bits per heavy atom. The average molecular weight is 1800 g/mol. The highest BCUT2D eigenvalue weighted by atomic mass is 16.5. The minimum Gasteiger partial charge on any atom is -0.478 e. The van der Waals surface area contributed by atoms with Crippen molar-refractivity contribution < 1.29 is 86.1 Å². The molecule has 2 heterocycles. The molecule has 0 aliphatic heterocycles. The number of carboxylic acid groups (broad SMARTS) is 2. The predicted octanol–water partition coefficient (Wildman–Crippen LogP) is 15.9. The summed E-state index contributed by atoms with van der Waals surface area (Å²) in [7, 11) is 0. The first-order chi connectivity index (χ1) is 64.0. The third kappa shape index (κ3) is 23.1. The lowest BCUT2D eigenvalue weighted by atomic mass is 9.92. The zero-order valence-corrected chi connectivity index (χ0v) is 72.4. The van der Waals surface area contributed by atoms with Crippen molar-refractivity contribution in [1.82, 2.24) is 0 Å². The average Bonchev–Trinajstić information content (AvgIpc) is 1.60. The molecular weight excluding hydrogens is 1720 g/mol. The molecule has 0 atom stereocenters. The van der Waals surface area contributed by atoms with E-state index in [2.05, 4.69) is 47.6 Å². The van der Waals surface area contributed by atoms with E-state index < -0.39 is 68.9 Å². The van der Waals surface area contributed by atoms with E-state index in [1.54, 1.807) is 172 Å². The monoisotopic (exact) mass is 1800 g/mol. The van der Waals surface area contributed by atoms with Crippen LogP contribution in [0, 0.1) is 34.6 Å². The van der Waals surface area contributed by atoms with Crippen molar-refractivity contribution in [2.45, 2.75) is 60.8 Å². The molecule has 15 rings (SSSR count). The smallest absolute Gasteiger partial charge is 0.346 e. The summed E-state index contributed by atoms with van der Waals surface area (Å²) in [5.74, 6) is -7.55. The molecule has 31 heteroatoms. The maximum Gasteiger partial charge on any atom is 0.346 e. The van der Waals surface area contributed by atoms with Crippen molar-refractivity contribution >= 4 is 145 Å². The van der Waals surface area contributed by atoms with Gasteiger partial charge in [-0.05, 0) is 272 Å². The van der Waals surface area contributed by atoms with Gasteiger partial charge in [0.2, 0.25) is 0 Å². The number of ether oxygens (including phenoxy) is 2. The number of carbonyl (C=O) groups excluding carboxylic acids is 10. The number of ketones is 3. The first-order valence-corrected chi connectivity index (χ1v) is 40.9. The number of aryl methyl sites for hydroxylation is 5. The fourth-order valence-electron chi connectivity index (χ4n) is 13.9. The highest BCUT2D eigenvalue weighted by Crippen LogP contribution is 2.34. The van der Waals surface area contributed by atoms with E-state index in [9.17, 15) is 86.9 Å². The number of nitrogens with one attached hydrogen (secondary N) is 5. The van der Waals surface area contributed by atoms with Gasteiger partial charge in [-0.15, -0.1) is 0 Å². The highest BCUT2D eigenvalue weighted by molar-refractivity contribution is 6.15. The highest BCUT2D eigenvalue weighted by Gasteiger charge is 2.28. The third-order valence-electron chi connectivity index (χ3n) is 21.3. The first kappa shape index (κ1) is 94.7. The van der Waals surface area contributed by atoms with Crippen molar-refractivity contribution in [3.05, 3.63) is 391 Å². The number of hydrogen-bond donors (Lipinski definition) is 11. The van der Waals surface area contributed by atoms with Crippen LogP contribution in [0.1, 0.15) is 156 Å². The number of nitrogens with two attached hydrogens (primary N) is 4. The van der Waals surface area contributed by atoms with Gasteiger partial charge in [0.1, 0.15) is 11.5 Å². The van der Waals surface area contributed by atoms with Gasteiger partial charge in [-0.3, -0.25) is 47.9 Å². The molecule has 0 saturated carbocycles. The molecule has 0 saturated heterocycles. The standard InChI is InChI=1S/C59H47N3O14.C20H18N4O2.C14H16N2.C10H2O6/c1-5-50(65)43-28-53(75-30-63)48(26-45(43)58(71)72)57(70)62-49-21-16-40(23-34(49)4)39-15-14-38(33(3)22-39)25-52(67)44-29-54(76-31-64)47(27-46(44)59(73)74)56(69)61-42-19-8-35(9-20-42)24-51(66)36-10-12-37(13-11-36)55(68)60-41-17-6-32(2)7-18-41;21-15-5-9-17(10-6-15)23-19(25)13-1-2-14(4-3-13)20(26)24-18-11-7-16(22)8-12-18;1-9-7-11(3-5-13(9)15)12-4-6-14(16)10(2)8-12;11-7-3-1-4-6(10(14)16-8(4)12)2-5(3)9(13)15-7/h6-23,26-31H,5,24-25H2,1-4H3,(H,60,68)(H,61,69)(H,62,70)(H,71,72)(H,73,74);1-12H,21-22H2,(H,23,25)(H,24,26);3-8H,15-16H2,1-2H3;1-2H. The summed E-state index contributed by atoms with van der Waals surface area (Å²) in [6.07, 6.45) is -0.301. The number of hydrogen-bond acceptors (Lipinski definition) is 24. The van der Waals surface area contributed by atoms with E-state index in [1.165, 1.54) is 30.2 Å². The zero-order valence-electron chi connectivity index (χ0n) is 72.4. The summed E-state index contributed by atoms with van der Waals surface area (Å²) < 4.78 is 18.7. The number of anilines is 9. The van der Waals surface area contributed by atoms with Crippen molar-refractivity contribution in [2.75, 3.05) is 49.5 Å². The van der Waals surface area contributed by atoms with Crippen molar-refractivity contribution in [3.8, 4) is 33.8 Å². The molecular formula is C103H83N9O22. The van der Waals surface area contributed by atoms with Crippen LogP contribution in [-0.4, -0.2) is 82.0 Å². The lowest BCUT2D eigenvalue weighted by Crippen LogP contribution is -2.18. The lowest BCUT2D eigenvalue weighted by Gasteiger charge is -2.15. The van der Waals surface area contributed by atoms with Gasteiger partial charge in [0.05, 0.1) is 43.8 Å². The summed E-state index contributed by atoms with van der Waals surface area (Å²) >= 11 is 0. The Bertz CT molecular complexity index is 7130. The molecule has 134 heavy (non-hydrogen) atoms. The maximum atomic E-state index is 13.9. The van der Waals surface area contributed by atoms with Crippen LogP contribution in [0.5, 0.6) is 11.5 Å². The second-order valence-corrected chi connectivity index (χ2v) is 30.6. The minimum absolute atomic E-state index is 0.00522. The largest absolute Gasteiger partial charge is 0.478 e. The third-order valence-corrected chi connectivity index (χ3v) is 21.3. The van der Waals surface area contributed by atoms with Crippen LogP contribution < -0.4 is 81.5 Å². The fourth-order valence-corrected chi connectivity index (χ4v) is 13.9. The van der Waals surface area contributed by atoms with Gasteiger partial charge >= 0.3 is 34.4 Å². The van der Waals surface area contributed by atoms with Gasteiger partial charge in [0.25, 0.3) is 42.5 Å². The predicted molar refractivity (Wildman–Crippen MR) is 508 cm³/mol. The molecule has 0 spiro atoms. The molecule has 0 aliphatic carbocycles. The van der Waals surface area contributed by atoms with Gasteiger partial charge < -0.3 is 78.0 Å². The zero-order chi connectivity index (χ0) is 96.5. The SMILES string of the molecule is CCC(=O)c1cc(OC=O)c(C(=O)Nc2ccc(-c3ccc(CC(=O)c4cc(OC=O)c(C(=O)Nc5ccc(CC(=O)c6ccc(C(=O)Nc7ccc(C)cc7)cc6)cc5)cc4C(=O)O)c(C)c3)cc2C)cc1C(=O)O.Cc1cc(-c2ccc(N)c(C)c2)ccc1N.Nc1ccc(NC(=O)c2ccc(C(=O)Nc3ccc(N)cc3)cc2)cc1.O=c1oc(=O)c2cc3c(=O)oc(=O)c3cc12. The number of fused-ring (bicyclic) bond motifs is 2. The number of rotatable bonds is 26. The van der Waals surface area contributed by atoms with E-state index in [1.807, 2.05) is 57.2 Å². The molecule has 0 fully saturated rings. The minimum atomic E-state index is -1.52. The summed E-state index contributed by atoms with van der Waals surface area (Å²) in [6.45, 7) is 11.1.